The van der Waals surface area contributed by atoms with E-state index in [1.165, 1.54) is 13.0 Å². The van der Waals surface area contributed by atoms with Gasteiger partial charge in [-0.25, -0.2) is 9.37 Å². The maximum atomic E-state index is 13.6. The fourth-order valence-electron chi connectivity index (χ4n) is 1.94. The van der Waals surface area contributed by atoms with E-state index in [0.29, 0.717) is 12.2 Å². The van der Waals surface area contributed by atoms with Crippen LogP contribution in [0, 0.1) is 19.7 Å². The molecule has 0 saturated heterocycles. The van der Waals surface area contributed by atoms with Crippen molar-refractivity contribution in [2.24, 2.45) is 0 Å². The van der Waals surface area contributed by atoms with Crippen LogP contribution in [0.1, 0.15) is 32.9 Å². The molecule has 0 bridgehead atoms. The Balaban J connectivity index is 2.22. The van der Waals surface area contributed by atoms with Gasteiger partial charge in [0.25, 0.3) is 0 Å². The third-order valence-electron chi connectivity index (χ3n) is 2.81. The predicted molar refractivity (Wildman–Crippen MR) is 75.3 cm³/mol. The van der Waals surface area contributed by atoms with E-state index in [1.807, 2.05) is 13.8 Å². The number of anilines is 1. The molecule has 1 aromatic heterocycles. The van der Waals surface area contributed by atoms with Crippen LogP contribution in [0.15, 0.2) is 18.2 Å². The number of rotatable bonds is 4. The minimum Gasteiger partial charge on any atom is -0.379 e. The number of halogens is 1. The SMILES string of the molecule is CC(=O)c1c(F)cccc1NCc1nc(C)sc1C. The van der Waals surface area contributed by atoms with E-state index in [-0.39, 0.29) is 11.3 Å². The molecule has 1 heterocycles. The molecule has 100 valence electrons. The molecule has 3 nitrogen and oxygen atoms in total. The molecule has 0 radical (unpaired) electrons. The fourth-order valence-corrected chi connectivity index (χ4v) is 2.78. The lowest BCUT2D eigenvalue weighted by molar-refractivity contribution is 0.101. The summed E-state index contributed by atoms with van der Waals surface area (Å²) in [6.07, 6.45) is 0. The molecule has 0 fully saturated rings. The van der Waals surface area contributed by atoms with Crippen LogP contribution in [-0.2, 0) is 6.54 Å². The molecule has 0 spiro atoms. The molecule has 0 amide bonds. The summed E-state index contributed by atoms with van der Waals surface area (Å²) in [7, 11) is 0. The summed E-state index contributed by atoms with van der Waals surface area (Å²) in [4.78, 5) is 17.0. The van der Waals surface area contributed by atoms with E-state index in [1.54, 1.807) is 23.5 Å². The molecule has 0 aliphatic rings. The monoisotopic (exact) mass is 278 g/mol. The lowest BCUT2D eigenvalue weighted by atomic mass is 10.1. The number of Topliss-reactive ketones (excluding diaryl/α,β-unsaturated/α-hetero) is 1. The van der Waals surface area contributed by atoms with Crippen molar-refractivity contribution in [3.8, 4) is 0 Å². The first-order valence-electron chi connectivity index (χ1n) is 5.95. The number of nitrogens with one attached hydrogen (secondary N) is 1. The Morgan fingerprint density at radius 1 is 1.42 bits per heavy atom. The van der Waals surface area contributed by atoms with Crippen LogP contribution >= 0.6 is 11.3 Å². The average molecular weight is 278 g/mol. The Bertz CT molecular complexity index is 622. The zero-order chi connectivity index (χ0) is 14.0. The second-order valence-electron chi connectivity index (χ2n) is 4.31. The molecule has 5 heteroatoms. The molecular formula is C14H15FN2OS. The van der Waals surface area contributed by atoms with Gasteiger partial charge in [0.05, 0.1) is 22.8 Å². The van der Waals surface area contributed by atoms with Crippen LogP contribution in [0.3, 0.4) is 0 Å². The Morgan fingerprint density at radius 2 is 2.16 bits per heavy atom. The van der Waals surface area contributed by atoms with Crippen molar-refractivity contribution in [2.75, 3.05) is 5.32 Å². The minimum atomic E-state index is -0.497. The molecule has 1 aromatic carbocycles. The smallest absolute Gasteiger partial charge is 0.164 e. The maximum Gasteiger partial charge on any atom is 0.164 e. The first-order chi connectivity index (χ1) is 8.99. The zero-order valence-corrected chi connectivity index (χ0v) is 11.9. The fraction of sp³-hybridized carbons (Fsp3) is 0.286. The Morgan fingerprint density at radius 3 is 2.74 bits per heavy atom. The van der Waals surface area contributed by atoms with Crippen LogP contribution in [0.5, 0.6) is 0 Å². The van der Waals surface area contributed by atoms with Crippen molar-refractivity contribution >= 4 is 22.8 Å². The largest absolute Gasteiger partial charge is 0.379 e. The van der Waals surface area contributed by atoms with Gasteiger partial charge in [0.1, 0.15) is 5.82 Å². The molecule has 0 saturated carbocycles. The summed E-state index contributed by atoms with van der Waals surface area (Å²) in [5.41, 5.74) is 1.55. The Hall–Kier alpha value is -1.75. The number of nitrogens with zero attached hydrogens (tertiary/aromatic N) is 1. The second-order valence-corrected chi connectivity index (χ2v) is 5.72. The van der Waals surface area contributed by atoms with Gasteiger partial charge in [-0.15, -0.1) is 11.3 Å². The molecule has 0 unspecified atom stereocenters. The quantitative estimate of drug-likeness (QED) is 0.867. The molecule has 0 atom stereocenters. The summed E-state index contributed by atoms with van der Waals surface area (Å²) < 4.78 is 13.6. The van der Waals surface area contributed by atoms with Crippen molar-refractivity contribution in [1.82, 2.24) is 4.98 Å². The zero-order valence-electron chi connectivity index (χ0n) is 11.1. The average Bonchev–Trinajstić information content (AvgIpc) is 2.64. The predicted octanol–water partition coefficient (Wildman–Crippen LogP) is 3.71. The van der Waals surface area contributed by atoms with Crippen LogP contribution in [-0.4, -0.2) is 10.8 Å². The summed E-state index contributed by atoms with van der Waals surface area (Å²) in [6, 6.07) is 4.58. The minimum absolute atomic E-state index is 0.104. The second kappa shape index (κ2) is 5.48. The third-order valence-corrected chi connectivity index (χ3v) is 3.74. The Labute approximate surface area is 115 Å². The van der Waals surface area contributed by atoms with Gasteiger partial charge in [0, 0.05) is 10.6 Å². The standard InChI is InChI=1S/C14H15FN2OS/c1-8(18)14-11(15)5-4-6-12(14)16-7-13-9(2)19-10(3)17-13/h4-6,16H,7H2,1-3H3. The van der Waals surface area contributed by atoms with E-state index in [0.717, 1.165) is 15.6 Å². The van der Waals surface area contributed by atoms with E-state index in [2.05, 4.69) is 10.3 Å². The van der Waals surface area contributed by atoms with Crippen molar-refractivity contribution in [3.63, 3.8) is 0 Å². The van der Waals surface area contributed by atoms with E-state index in [9.17, 15) is 9.18 Å². The first kappa shape index (κ1) is 13.7. The number of hydrogen-bond acceptors (Lipinski definition) is 4. The van der Waals surface area contributed by atoms with Gasteiger partial charge in [0.2, 0.25) is 0 Å². The number of hydrogen-bond donors (Lipinski definition) is 1. The van der Waals surface area contributed by atoms with Gasteiger partial charge in [-0.3, -0.25) is 4.79 Å². The molecule has 2 rings (SSSR count). The van der Waals surface area contributed by atoms with Gasteiger partial charge >= 0.3 is 0 Å². The van der Waals surface area contributed by atoms with Crippen LogP contribution < -0.4 is 5.32 Å². The van der Waals surface area contributed by atoms with Gasteiger partial charge in [0.15, 0.2) is 5.78 Å². The Kier molecular flexibility index (Phi) is 3.95. The highest BCUT2D eigenvalue weighted by molar-refractivity contribution is 7.11. The summed E-state index contributed by atoms with van der Waals surface area (Å²) in [5, 5.41) is 4.09. The first-order valence-corrected chi connectivity index (χ1v) is 6.77. The van der Waals surface area contributed by atoms with E-state index >= 15 is 0 Å². The number of carbonyl (C=O) groups is 1. The van der Waals surface area contributed by atoms with Crippen molar-refractivity contribution < 1.29 is 9.18 Å². The van der Waals surface area contributed by atoms with Crippen LogP contribution in [0.4, 0.5) is 10.1 Å². The highest BCUT2D eigenvalue weighted by Crippen LogP contribution is 2.22. The topological polar surface area (TPSA) is 42.0 Å². The van der Waals surface area contributed by atoms with Crippen LogP contribution in [0.2, 0.25) is 0 Å². The molecule has 2 aromatic rings. The van der Waals surface area contributed by atoms with Gasteiger partial charge in [-0.05, 0) is 32.9 Å². The van der Waals surface area contributed by atoms with E-state index < -0.39 is 5.82 Å². The summed E-state index contributed by atoms with van der Waals surface area (Å²) >= 11 is 1.63. The summed E-state index contributed by atoms with van der Waals surface area (Å²) in [5.74, 6) is -0.782. The number of thiazole rings is 1. The molecule has 0 aliphatic heterocycles. The lowest BCUT2D eigenvalue weighted by Gasteiger charge is -2.10. The lowest BCUT2D eigenvalue weighted by Crippen LogP contribution is -2.07. The molecule has 1 N–H and O–H groups in total. The maximum absolute atomic E-state index is 13.6. The normalized spacial score (nSPS) is 10.5. The van der Waals surface area contributed by atoms with Crippen molar-refractivity contribution in [3.05, 3.63) is 45.2 Å². The number of ketones is 1. The third kappa shape index (κ3) is 2.98. The molecular weight excluding hydrogens is 263 g/mol. The van der Waals surface area contributed by atoms with Gasteiger partial charge < -0.3 is 5.32 Å². The highest BCUT2D eigenvalue weighted by atomic mass is 32.1. The van der Waals surface area contributed by atoms with Crippen molar-refractivity contribution in [2.45, 2.75) is 27.3 Å². The van der Waals surface area contributed by atoms with Crippen LogP contribution in [0.25, 0.3) is 0 Å². The highest BCUT2D eigenvalue weighted by Gasteiger charge is 2.13. The van der Waals surface area contributed by atoms with Gasteiger partial charge in [-0.1, -0.05) is 6.07 Å². The number of aryl methyl sites for hydroxylation is 2. The molecule has 19 heavy (non-hydrogen) atoms. The summed E-state index contributed by atoms with van der Waals surface area (Å²) in [6.45, 7) is 5.80. The van der Waals surface area contributed by atoms with Crippen molar-refractivity contribution in [1.29, 1.82) is 0 Å². The number of aromatic nitrogens is 1. The van der Waals surface area contributed by atoms with E-state index in [4.69, 9.17) is 0 Å². The number of benzene rings is 1. The van der Waals surface area contributed by atoms with Gasteiger partial charge in [-0.2, -0.15) is 0 Å². The number of carbonyl (C=O) groups excluding carboxylic acids is 1. The molecule has 0 aliphatic carbocycles.